The van der Waals surface area contributed by atoms with Gasteiger partial charge in [-0.2, -0.15) is 0 Å². The van der Waals surface area contributed by atoms with Crippen LogP contribution in [0.1, 0.15) is 18.4 Å². The Balaban J connectivity index is 2.20. The molecule has 0 unspecified atom stereocenters. The predicted octanol–water partition coefficient (Wildman–Crippen LogP) is 1.52. The van der Waals surface area contributed by atoms with Crippen LogP contribution in [0, 0.1) is 0 Å². The van der Waals surface area contributed by atoms with Crippen molar-refractivity contribution in [1.29, 1.82) is 0 Å². The second kappa shape index (κ2) is 6.94. The molecule has 7 heteroatoms. The Morgan fingerprint density at radius 1 is 1.38 bits per heavy atom. The van der Waals surface area contributed by atoms with Gasteiger partial charge in [-0.15, -0.1) is 10.2 Å². The smallest absolute Gasteiger partial charge is 0.281 e. The molecular formula is C14H13N2O4S-. The van der Waals surface area contributed by atoms with Gasteiger partial charge in [-0.05, 0) is 35.5 Å². The normalized spacial score (nSPS) is 11.4. The summed E-state index contributed by atoms with van der Waals surface area (Å²) < 4.78 is 10.3. The Labute approximate surface area is 125 Å². The molecule has 2 rings (SSSR count). The molecule has 0 aliphatic heterocycles. The Bertz CT molecular complexity index is 649. The Hall–Kier alpha value is -2.28. The predicted molar refractivity (Wildman–Crippen MR) is 75.5 cm³/mol. The van der Waals surface area contributed by atoms with Crippen LogP contribution in [0.5, 0.6) is 5.75 Å². The highest BCUT2D eigenvalue weighted by Gasteiger charge is 2.09. The van der Waals surface area contributed by atoms with Crippen molar-refractivity contribution >= 4 is 23.8 Å². The van der Waals surface area contributed by atoms with Crippen LogP contribution in [0.15, 0.2) is 38.8 Å². The summed E-state index contributed by atoms with van der Waals surface area (Å²) in [5.74, 6) is -0.147. The summed E-state index contributed by atoms with van der Waals surface area (Å²) in [5, 5.41) is 18.9. The lowest BCUT2D eigenvalue weighted by molar-refractivity contribution is -0.298. The van der Waals surface area contributed by atoms with Gasteiger partial charge in [-0.3, -0.25) is 0 Å². The molecule has 0 aliphatic rings. The summed E-state index contributed by atoms with van der Waals surface area (Å²) in [6.45, 7) is 1.87. The number of ether oxygens (including phenoxy) is 1. The number of hydrogen-bond donors (Lipinski definition) is 0. The molecule has 21 heavy (non-hydrogen) atoms. The molecule has 0 saturated carbocycles. The maximum Gasteiger partial charge on any atom is 0.281 e. The summed E-state index contributed by atoms with van der Waals surface area (Å²) >= 11 is 0.865. The minimum absolute atomic E-state index is 0.00790. The highest BCUT2D eigenvalue weighted by molar-refractivity contribution is 8.03. The van der Waals surface area contributed by atoms with Crippen LogP contribution in [0.2, 0.25) is 0 Å². The Morgan fingerprint density at radius 2 is 2.10 bits per heavy atom. The van der Waals surface area contributed by atoms with E-state index in [9.17, 15) is 9.90 Å². The van der Waals surface area contributed by atoms with Crippen LogP contribution in [0.25, 0.3) is 6.08 Å². The highest BCUT2D eigenvalue weighted by Crippen LogP contribution is 2.27. The number of carbonyl (C=O) groups excluding carboxylic acids is 1. The number of aliphatic carboxylic acids is 1. The van der Waals surface area contributed by atoms with E-state index in [2.05, 4.69) is 10.2 Å². The number of carbonyl (C=O) groups is 1. The number of methoxy groups -OCH3 is 1. The largest absolute Gasteiger partial charge is 0.544 e. The Kier molecular flexibility index (Phi) is 4.99. The SMILES string of the molecule is CCc1nnc(S/C(=C\c2ccc(OC)cc2)C(=O)[O-])o1. The van der Waals surface area contributed by atoms with Crippen LogP contribution < -0.4 is 9.84 Å². The summed E-state index contributed by atoms with van der Waals surface area (Å²) in [4.78, 5) is 11.2. The molecule has 2 aromatic rings. The topological polar surface area (TPSA) is 88.3 Å². The van der Waals surface area contributed by atoms with Gasteiger partial charge < -0.3 is 19.1 Å². The van der Waals surface area contributed by atoms with E-state index in [0.717, 1.165) is 11.8 Å². The average Bonchev–Trinajstić information content (AvgIpc) is 2.95. The minimum atomic E-state index is -1.30. The molecule has 0 saturated heterocycles. The van der Waals surface area contributed by atoms with Gasteiger partial charge in [-0.1, -0.05) is 19.1 Å². The van der Waals surface area contributed by atoms with Crippen molar-refractivity contribution in [3.63, 3.8) is 0 Å². The quantitative estimate of drug-likeness (QED) is 0.590. The van der Waals surface area contributed by atoms with Crippen LogP contribution in [-0.4, -0.2) is 23.3 Å². The van der Waals surface area contributed by atoms with Gasteiger partial charge in [-0.25, -0.2) is 0 Å². The van der Waals surface area contributed by atoms with Gasteiger partial charge in [0.2, 0.25) is 5.89 Å². The van der Waals surface area contributed by atoms with Gasteiger partial charge in [0.25, 0.3) is 5.22 Å². The minimum Gasteiger partial charge on any atom is -0.544 e. The lowest BCUT2D eigenvalue weighted by Crippen LogP contribution is -2.23. The van der Waals surface area contributed by atoms with Gasteiger partial charge >= 0.3 is 0 Å². The fourth-order valence-electron chi connectivity index (χ4n) is 1.50. The summed E-state index contributed by atoms with van der Waals surface area (Å²) in [5.41, 5.74) is 0.706. The third-order valence-corrected chi connectivity index (χ3v) is 3.41. The van der Waals surface area contributed by atoms with E-state index >= 15 is 0 Å². The monoisotopic (exact) mass is 305 g/mol. The average molecular weight is 305 g/mol. The summed E-state index contributed by atoms with van der Waals surface area (Å²) in [6.07, 6.45) is 2.08. The van der Waals surface area contributed by atoms with Gasteiger partial charge in [0.05, 0.1) is 13.1 Å². The van der Waals surface area contributed by atoms with E-state index in [4.69, 9.17) is 9.15 Å². The lowest BCUT2D eigenvalue weighted by atomic mass is 10.2. The van der Waals surface area contributed by atoms with Crippen LogP contribution in [0.3, 0.4) is 0 Å². The maximum atomic E-state index is 11.2. The second-order valence-corrected chi connectivity index (χ2v) is 4.98. The zero-order valence-electron chi connectivity index (χ0n) is 11.5. The standard InChI is InChI=1S/C14H14N2O4S/c1-3-12-15-16-14(20-12)21-11(13(17)18)8-9-4-6-10(19-2)7-5-9/h4-8H,3H2,1-2H3,(H,17,18)/p-1/b11-8-. The number of carboxylic acids is 1. The van der Waals surface area contributed by atoms with Crippen molar-refractivity contribution in [2.45, 2.75) is 18.6 Å². The van der Waals surface area contributed by atoms with Crippen LogP contribution in [-0.2, 0) is 11.2 Å². The maximum absolute atomic E-state index is 11.2. The van der Waals surface area contributed by atoms with Crippen molar-refractivity contribution in [1.82, 2.24) is 10.2 Å². The second-order valence-electron chi connectivity index (χ2n) is 3.99. The molecule has 1 heterocycles. The number of hydrogen-bond acceptors (Lipinski definition) is 7. The molecule has 1 aromatic carbocycles. The van der Waals surface area contributed by atoms with Gasteiger partial charge in [0, 0.05) is 11.3 Å². The van der Waals surface area contributed by atoms with Crippen molar-refractivity contribution < 1.29 is 19.1 Å². The first kappa shape index (κ1) is 15.1. The molecule has 110 valence electrons. The van der Waals surface area contributed by atoms with E-state index in [1.807, 2.05) is 6.92 Å². The zero-order chi connectivity index (χ0) is 15.2. The molecule has 6 nitrogen and oxygen atoms in total. The molecule has 0 spiro atoms. The highest BCUT2D eigenvalue weighted by atomic mass is 32.2. The van der Waals surface area contributed by atoms with E-state index in [0.29, 0.717) is 23.6 Å². The lowest BCUT2D eigenvalue weighted by Gasteiger charge is -2.06. The molecular weight excluding hydrogens is 292 g/mol. The van der Waals surface area contributed by atoms with E-state index in [1.54, 1.807) is 31.4 Å². The molecule has 0 fully saturated rings. The van der Waals surface area contributed by atoms with Crippen LogP contribution >= 0.6 is 11.8 Å². The van der Waals surface area contributed by atoms with Crippen LogP contribution in [0.4, 0.5) is 0 Å². The van der Waals surface area contributed by atoms with E-state index < -0.39 is 5.97 Å². The fourth-order valence-corrected chi connectivity index (χ4v) is 2.18. The number of nitrogens with zero attached hydrogens (tertiary/aromatic N) is 2. The molecule has 0 radical (unpaired) electrons. The zero-order valence-corrected chi connectivity index (χ0v) is 12.3. The fraction of sp³-hybridized carbons (Fsp3) is 0.214. The van der Waals surface area contributed by atoms with Crippen molar-refractivity contribution in [3.05, 3.63) is 40.6 Å². The van der Waals surface area contributed by atoms with E-state index in [1.165, 1.54) is 6.08 Å². The first-order chi connectivity index (χ1) is 10.1. The molecule has 1 aromatic heterocycles. The van der Waals surface area contributed by atoms with Gasteiger partial charge in [0.1, 0.15) is 5.75 Å². The van der Waals surface area contributed by atoms with Crippen molar-refractivity contribution in [3.8, 4) is 5.75 Å². The molecule has 0 amide bonds. The van der Waals surface area contributed by atoms with Crippen molar-refractivity contribution in [2.75, 3.05) is 7.11 Å². The molecule has 0 atom stereocenters. The van der Waals surface area contributed by atoms with Crippen molar-refractivity contribution in [2.24, 2.45) is 0 Å². The number of thioether (sulfide) groups is 1. The third kappa shape index (κ3) is 4.09. The number of aryl methyl sites for hydroxylation is 1. The molecule has 0 aliphatic carbocycles. The number of rotatable bonds is 6. The molecule has 0 bridgehead atoms. The first-order valence-electron chi connectivity index (χ1n) is 6.19. The molecule has 0 N–H and O–H groups in total. The Morgan fingerprint density at radius 3 is 2.62 bits per heavy atom. The third-order valence-electron chi connectivity index (χ3n) is 2.56. The summed E-state index contributed by atoms with van der Waals surface area (Å²) in [6, 6.07) is 6.97. The summed E-state index contributed by atoms with van der Waals surface area (Å²) in [7, 11) is 1.56. The first-order valence-corrected chi connectivity index (χ1v) is 7.01. The number of benzene rings is 1. The number of aromatic nitrogens is 2. The van der Waals surface area contributed by atoms with Gasteiger partial charge in [0.15, 0.2) is 0 Å². The number of carboxylic acid groups (broad SMARTS) is 1. The van der Waals surface area contributed by atoms with E-state index in [-0.39, 0.29) is 10.1 Å².